The molecule has 0 radical (unpaired) electrons. The zero-order valence-corrected chi connectivity index (χ0v) is 17.1. The van der Waals surface area contributed by atoms with E-state index in [1.165, 1.54) is 22.2 Å². The molecule has 3 heterocycles. The Morgan fingerprint density at radius 3 is 2.96 bits per heavy atom. The number of ether oxygens (including phenoxy) is 2. The summed E-state index contributed by atoms with van der Waals surface area (Å²) in [6.45, 7) is 7.14. The quantitative estimate of drug-likeness (QED) is 0.329. The van der Waals surface area contributed by atoms with Gasteiger partial charge in [0.2, 0.25) is 0 Å². The number of nitrogen functional groups attached to an aromatic ring is 1. The van der Waals surface area contributed by atoms with Crippen molar-refractivity contribution in [2.75, 3.05) is 18.1 Å². The van der Waals surface area contributed by atoms with Gasteiger partial charge in [0.05, 0.1) is 24.2 Å². The molecule has 2 aromatic heterocycles. The second-order valence-corrected chi connectivity index (χ2v) is 8.75. The summed E-state index contributed by atoms with van der Waals surface area (Å²) in [6, 6.07) is 0. The highest BCUT2D eigenvalue weighted by Gasteiger charge is 2.32. The number of thioether (sulfide) groups is 1. The summed E-state index contributed by atoms with van der Waals surface area (Å²) >= 11 is 3.17. The number of fused-ring (bicyclic) bond motifs is 3. The molecular formula is C18H25N3O3S2. The van der Waals surface area contributed by atoms with Crippen LogP contribution in [-0.2, 0) is 27.3 Å². The number of hydrogen-bond donors (Lipinski definition) is 1. The molecule has 0 saturated carbocycles. The molecular weight excluding hydrogens is 370 g/mol. The molecule has 3 rings (SSSR count). The molecule has 26 heavy (non-hydrogen) atoms. The van der Waals surface area contributed by atoms with Gasteiger partial charge in [-0.2, -0.15) is 0 Å². The largest absolute Gasteiger partial charge is 0.466 e. The lowest BCUT2D eigenvalue weighted by molar-refractivity contribution is -0.143. The molecule has 142 valence electrons. The molecule has 8 heteroatoms. The summed E-state index contributed by atoms with van der Waals surface area (Å²) in [6.07, 6.45) is 2.95. The first-order valence-electron chi connectivity index (χ1n) is 8.96. The molecule has 1 aliphatic heterocycles. The summed E-state index contributed by atoms with van der Waals surface area (Å²) in [5.41, 5.74) is 7.38. The van der Waals surface area contributed by atoms with Crippen molar-refractivity contribution in [3.8, 4) is 0 Å². The lowest BCUT2D eigenvalue weighted by Gasteiger charge is -2.33. The molecule has 0 bridgehead atoms. The third kappa shape index (κ3) is 4.13. The Balaban J connectivity index is 1.72. The van der Waals surface area contributed by atoms with Crippen molar-refractivity contribution < 1.29 is 14.3 Å². The van der Waals surface area contributed by atoms with Gasteiger partial charge in [0.25, 0.3) is 0 Å². The number of esters is 1. The molecule has 2 N–H and O–H groups in total. The van der Waals surface area contributed by atoms with E-state index in [2.05, 4.69) is 23.8 Å². The Morgan fingerprint density at radius 2 is 2.23 bits per heavy atom. The van der Waals surface area contributed by atoms with E-state index < -0.39 is 0 Å². The third-order valence-electron chi connectivity index (χ3n) is 4.65. The number of nitrogens with zero attached hydrogens (tertiary/aromatic N) is 2. The molecule has 0 amide bonds. The second-order valence-electron chi connectivity index (χ2n) is 6.60. The van der Waals surface area contributed by atoms with Crippen molar-refractivity contribution in [1.29, 1.82) is 0 Å². The van der Waals surface area contributed by atoms with Crippen molar-refractivity contribution in [3.63, 3.8) is 0 Å². The van der Waals surface area contributed by atoms with E-state index in [-0.39, 0.29) is 11.6 Å². The predicted molar refractivity (Wildman–Crippen MR) is 106 cm³/mol. The summed E-state index contributed by atoms with van der Waals surface area (Å²) in [7, 11) is 0. The maximum atomic E-state index is 11.4. The zero-order chi connectivity index (χ0) is 18.7. The predicted octanol–water partition coefficient (Wildman–Crippen LogP) is 3.95. The van der Waals surface area contributed by atoms with Gasteiger partial charge >= 0.3 is 5.97 Å². The minimum atomic E-state index is -0.158. The highest BCUT2D eigenvalue weighted by atomic mass is 32.2. The SMILES string of the molecule is CCOC(=O)CCCSc1nc(N)c2c3c(sc2n1)COC(C)(CC)C3. The van der Waals surface area contributed by atoms with Gasteiger partial charge in [0, 0.05) is 23.5 Å². The normalized spacial score (nSPS) is 19.5. The fraction of sp³-hybridized carbons (Fsp3) is 0.611. The molecule has 0 fully saturated rings. The fourth-order valence-electron chi connectivity index (χ4n) is 2.98. The average Bonchev–Trinajstić information content (AvgIpc) is 2.96. The van der Waals surface area contributed by atoms with Gasteiger partial charge in [0.15, 0.2) is 5.16 Å². The van der Waals surface area contributed by atoms with Crippen LogP contribution in [0.5, 0.6) is 0 Å². The second kappa shape index (κ2) is 8.10. The summed E-state index contributed by atoms with van der Waals surface area (Å²) in [4.78, 5) is 22.7. The number of thiophene rings is 1. The molecule has 0 aromatic carbocycles. The minimum Gasteiger partial charge on any atom is -0.466 e. The van der Waals surface area contributed by atoms with Gasteiger partial charge in [-0.1, -0.05) is 18.7 Å². The van der Waals surface area contributed by atoms with Crippen LogP contribution in [0, 0.1) is 0 Å². The summed E-state index contributed by atoms with van der Waals surface area (Å²) in [5.74, 6) is 1.14. The van der Waals surface area contributed by atoms with Crippen LogP contribution in [-0.4, -0.2) is 33.9 Å². The molecule has 1 atom stereocenters. The zero-order valence-electron chi connectivity index (χ0n) is 15.5. The van der Waals surface area contributed by atoms with E-state index in [0.29, 0.717) is 30.6 Å². The van der Waals surface area contributed by atoms with Crippen molar-refractivity contribution in [1.82, 2.24) is 9.97 Å². The molecule has 0 saturated heterocycles. The van der Waals surface area contributed by atoms with Crippen LogP contribution >= 0.6 is 23.1 Å². The number of rotatable bonds is 7. The highest BCUT2D eigenvalue weighted by molar-refractivity contribution is 7.99. The Kier molecular flexibility index (Phi) is 6.04. The van der Waals surface area contributed by atoms with Gasteiger partial charge in [-0.05, 0) is 32.3 Å². The van der Waals surface area contributed by atoms with Crippen molar-refractivity contribution in [2.45, 2.75) is 63.8 Å². The van der Waals surface area contributed by atoms with E-state index >= 15 is 0 Å². The van der Waals surface area contributed by atoms with E-state index in [9.17, 15) is 4.79 Å². The topological polar surface area (TPSA) is 87.3 Å². The number of hydrogen-bond acceptors (Lipinski definition) is 8. The van der Waals surface area contributed by atoms with Crippen LogP contribution < -0.4 is 5.73 Å². The standard InChI is InChI=1S/C18H25N3O3S2/c1-4-18(3)9-11-12(10-24-18)26-16-14(11)15(19)20-17(21-16)25-8-6-7-13(22)23-5-2/h4-10H2,1-3H3,(H2,19,20,21). The van der Waals surface area contributed by atoms with Crippen LogP contribution in [0.1, 0.15) is 50.5 Å². The Bertz CT molecular complexity index is 809. The number of nitrogens with two attached hydrogens (primary N) is 1. The van der Waals surface area contributed by atoms with Crippen LogP contribution in [0.3, 0.4) is 0 Å². The molecule has 0 spiro atoms. The Hall–Kier alpha value is -1.38. The Labute approximate surface area is 161 Å². The van der Waals surface area contributed by atoms with E-state index in [0.717, 1.165) is 35.2 Å². The fourth-order valence-corrected chi connectivity index (χ4v) is 4.94. The number of anilines is 1. The maximum absolute atomic E-state index is 11.4. The van der Waals surface area contributed by atoms with Gasteiger partial charge in [-0.3, -0.25) is 4.79 Å². The lowest BCUT2D eigenvalue weighted by atomic mass is 9.90. The van der Waals surface area contributed by atoms with E-state index in [4.69, 9.17) is 15.2 Å². The number of carbonyl (C=O) groups is 1. The average molecular weight is 396 g/mol. The van der Waals surface area contributed by atoms with Crippen LogP contribution in [0.25, 0.3) is 10.2 Å². The van der Waals surface area contributed by atoms with Crippen molar-refractivity contribution in [3.05, 3.63) is 10.4 Å². The number of carbonyl (C=O) groups excluding carboxylic acids is 1. The summed E-state index contributed by atoms with van der Waals surface area (Å²) < 4.78 is 11.0. The number of aromatic nitrogens is 2. The first kappa shape index (κ1) is 19.4. The van der Waals surface area contributed by atoms with E-state index in [1.807, 2.05) is 6.92 Å². The van der Waals surface area contributed by atoms with Crippen LogP contribution in [0.4, 0.5) is 5.82 Å². The first-order valence-corrected chi connectivity index (χ1v) is 10.8. The third-order valence-corrected chi connectivity index (χ3v) is 6.69. The molecule has 0 aliphatic carbocycles. The van der Waals surface area contributed by atoms with Crippen molar-refractivity contribution in [2.24, 2.45) is 0 Å². The molecule has 6 nitrogen and oxygen atoms in total. The maximum Gasteiger partial charge on any atom is 0.305 e. The van der Waals surface area contributed by atoms with Crippen molar-refractivity contribution >= 4 is 45.1 Å². The lowest BCUT2D eigenvalue weighted by Crippen LogP contribution is -2.33. The first-order chi connectivity index (χ1) is 12.5. The minimum absolute atomic E-state index is 0.145. The summed E-state index contributed by atoms with van der Waals surface area (Å²) in [5, 5.41) is 1.65. The van der Waals surface area contributed by atoms with E-state index in [1.54, 1.807) is 11.3 Å². The van der Waals surface area contributed by atoms with Crippen LogP contribution in [0.15, 0.2) is 5.16 Å². The Morgan fingerprint density at radius 1 is 1.42 bits per heavy atom. The van der Waals surface area contributed by atoms with Gasteiger partial charge in [-0.25, -0.2) is 9.97 Å². The molecule has 1 unspecified atom stereocenters. The smallest absolute Gasteiger partial charge is 0.305 e. The van der Waals surface area contributed by atoms with Gasteiger partial charge in [-0.15, -0.1) is 11.3 Å². The molecule has 1 aliphatic rings. The highest BCUT2D eigenvalue weighted by Crippen LogP contribution is 2.41. The van der Waals surface area contributed by atoms with Crippen LogP contribution in [0.2, 0.25) is 0 Å². The molecule has 2 aromatic rings. The van der Waals surface area contributed by atoms with Gasteiger partial charge in [0.1, 0.15) is 10.6 Å². The monoisotopic (exact) mass is 395 g/mol. The van der Waals surface area contributed by atoms with Gasteiger partial charge < -0.3 is 15.2 Å².